The normalized spacial score (nSPS) is 29.9. The average molecular weight is 543 g/mol. The molecule has 0 saturated heterocycles. The van der Waals surface area contributed by atoms with Crippen LogP contribution in [-0.4, -0.2) is 3.92 Å². The van der Waals surface area contributed by atoms with E-state index in [4.69, 9.17) is 0 Å². The number of benzene rings is 2. The van der Waals surface area contributed by atoms with Crippen molar-refractivity contribution in [3.8, 4) is 11.1 Å². The highest BCUT2D eigenvalue weighted by atomic mass is 127. The Morgan fingerprint density at radius 2 is 1.64 bits per heavy atom. The number of rotatable bonds is 3. The molecule has 166 valence electrons. The molecule has 0 fully saturated rings. The van der Waals surface area contributed by atoms with E-state index in [9.17, 15) is 0 Å². The first kappa shape index (κ1) is 21.4. The minimum absolute atomic E-state index is 0.0898. The summed E-state index contributed by atoms with van der Waals surface area (Å²) in [7, 11) is 0. The van der Waals surface area contributed by atoms with Crippen molar-refractivity contribution in [2.45, 2.75) is 54.3 Å². The zero-order chi connectivity index (χ0) is 22.4. The molecule has 2 aromatic carbocycles. The molecular weight excluding hydrogens is 511 g/mol. The number of halogens is 1. The van der Waals surface area contributed by atoms with Crippen LogP contribution < -0.4 is 0 Å². The van der Waals surface area contributed by atoms with E-state index in [1.54, 1.807) is 11.1 Å². The Morgan fingerprint density at radius 3 is 2.39 bits per heavy atom. The van der Waals surface area contributed by atoms with Crippen molar-refractivity contribution < 1.29 is 0 Å². The third-order valence-corrected chi connectivity index (χ3v) is 9.22. The molecule has 0 N–H and O–H groups in total. The fourth-order valence-corrected chi connectivity index (χ4v) is 6.95. The molecule has 0 heterocycles. The van der Waals surface area contributed by atoms with Crippen molar-refractivity contribution in [2.75, 3.05) is 0 Å². The highest BCUT2D eigenvalue weighted by Crippen LogP contribution is 2.58. The van der Waals surface area contributed by atoms with Gasteiger partial charge < -0.3 is 0 Å². The zero-order valence-electron chi connectivity index (χ0n) is 19.3. The second-order valence-corrected chi connectivity index (χ2v) is 11.7. The zero-order valence-corrected chi connectivity index (χ0v) is 21.5. The Labute approximate surface area is 212 Å². The van der Waals surface area contributed by atoms with E-state index in [0.29, 0.717) is 15.8 Å². The van der Waals surface area contributed by atoms with Gasteiger partial charge in [-0.1, -0.05) is 121 Å². The molecule has 4 aliphatic rings. The maximum atomic E-state index is 2.53. The predicted molar refractivity (Wildman–Crippen MR) is 150 cm³/mol. The molecule has 4 aliphatic carbocycles. The standard InChI is InChI=1S/C32H31I/c1-32(26-7-3-2-4-8-26)30-10-6-5-9-28(30)29-21-25(17-20-31(29)32)24-13-11-22(12-14-24)23-15-18-27(33)19-16-23/h3,6-8,10-18,20-21,27-28,30H,2,4-5,9,19H2,1H3. The molecule has 4 atom stereocenters. The van der Waals surface area contributed by atoms with Gasteiger partial charge in [-0.3, -0.25) is 0 Å². The van der Waals surface area contributed by atoms with Gasteiger partial charge in [0, 0.05) is 9.34 Å². The Balaban J connectivity index is 1.37. The maximum Gasteiger partial charge on any atom is 0.0327 e. The predicted octanol–water partition coefficient (Wildman–Crippen LogP) is 9.10. The van der Waals surface area contributed by atoms with E-state index >= 15 is 0 Å². The van der Waals surface area contributed by atoms with E-state index in [1.807, 2.05) is 0 Å². The number of alkyl halides is 1. The highest BCUT2D eigenvalue weighted by Gasteiger charge is 2.49. The summed E-state index contributed by atoms with van der Waals surface area (Å²) in [6.07, 6.45) is 25.1. The minimum atomic E-state index is 0.0898. The quantitative estimate of drug-likeness (QED) is 0.206. The number of allylic oxidation sites excluding steroid dienone is 10. The minimum Gasteiger partial charge on any atom is -0.0882 e. The van der Waals surface area contributed by atoms with Crippen LogP contribution in [-0.2, 0) is 5.41 Å². The molecule has 0 radical (unpaired) electrons. The largest absolute Gasteiger partial charge is 0.0882 e. The SMILES string of the molecule is CC1(C2=CCCC=C2)c2ccc(-c3ccc(C4=CCC(I)C=C4)cc3)cc2C2CCC=CC21. The van der Waals surface area contributed by atoms with Crippen LogP contribution >= 0.6 is 22.6 Å². The fourth-order valence-electron chi connectivity index (χ4n) is 6.49. The van der Waals surface area contributed by atoms with Crippen molar-refractivity contribution in [3.63, 3.8) is 0 Å². The molecule has 4 unspecified atom stereocenters. The maximum absolute atomic E-state index is 2.53. The van der Waals surface area contributed by atoms with Crippen LogP contribution in [0.4, 0.5) is 0 Å². The van der Waals surface area contributed by atoms with Gasteiger partial charge in [-0.15, -0.1) is 0 Å². The van der Waals surface area contributed by atoms with Crippen molar-refractivity contribution in [1.82, 2.24) is 0 Å². The Kier molecular flexibility index (Phi) is 5.57. The van der Waals surface area contributed by atoms with E-state index in [0.717, 1.165) is 6.42 Å². The van der Waals surface area contributed by atoms with Crippen molar-refractivity contribution >= 4 is 28.2 Å². The molecular formula is C32H31I. The fraction of sp³-hybridized carbons (Fsp3) is 0.312. The summed E-state index contributed by atoms with van der Waals surface area (Å²) in [5, 5.41) is 0. The summed E-state index contributed by atoms with van der Waals surface area (Å²) in [5.41, 5.74) is 10.1. The van der Waals surface area contributed by atoms with Gasteiger partial charge in [0.25, 0.3) is 0 Å². The van der Waals surface area contributed by atoms with Gasteiger partial charge in [0.05, 0.1) is 0 Å². The second kappa shape index (κ2) is 8.58. The van der Waals surface area contributed by atoms with Gasteiger partial charge in [0.15, 0.2) is 0 Å². The van der Waals surface area contributed by atoms with Crippen LogP contribution in [0.2, 0.25) is 0 Å². The van der Waals surface area contributed by atoms with Crippen molar-refractivity contribution in [3.05, 3.63) is 113 Å². The van der Waals surface area contributed by atoms with Gasteiger partial charge in [0.1, 0.15) is 0 Å². The molecule has 6 rings (SSSR count). The van der Waals surface area contributed by atoms with Crippen LogP contribution in [0.5, 0.6) is 0 Å². The number of hydrogen-bond donors (Lipinski definition) is 0. The third-order valence-electron chi connectivity index (χ3n) is 8.29. The summed E-state index contributed by atoms with van der Waals surface area (Å²) < 4.78 is 0.626. The van der Waals surface area contributed by atoms with Crippen molar-refractivity contribution in [2.24, 2.45) is 5.92 Å². The first-order valence-corrected chi connectivity index (χ1v) is 13.7. The van der Waals surface area contributed by atoms with Gasteiger partial charge >= 0.3 is 0 Å². The van der Waals surface area contributed by atoms with Crippen LogP contribution in [0.3, 0.4) is 0 Å². The van der Waals surface area contributed by atoms with Crippen LogP contribution in [0.15, 0.2) is 96.6 Å². The summed E-state index contributed by atoms with van der Waals surface area (Å²) in [6.45, 7) is 2.49. The monoisotopic (exact) mass is 542 g/mol. The Bertz CT molecular complexity index is 1220. The van der Waals surface area contributed by atoms with Gasteiger partial charge in [-0.2, -0.15) is 0 Å². The average Bonchev–Trinajstić information content (AvgIpc) is 3.14. The lowest BCUT2D eigenvalue weighted by Gasteiger charge is -2.37. The molecule has 0 saturated carbocycles. The van der Waals surface area contributed by atoms with Crippen LogP contribution in [0.1, 0.15) is 61.6 Å². The van der Waals surface area contributed by atoms with Gasteiger partial charge in [-0.25, -0.2) is 0 Å². The smallest absolute Gasteiger partial charge is 0.0327 e. The van der Waals surface area contributed by atoms with Gasteiger partial charge in [0.2, 0.25) is 0 Å². The summed E-state index contributed by atoms with van der Waals surface area (Å²) >= 11 is 2.50. The molecule has 0 amide bonds. The first-order chi connectivity index (χ1) is 16.1. The summed E-state index contributed by atoms with van der Waals surface area (Å²) in [5.74, 6) is 1.20. The van der Waals surface area contributed by atoms with Crippen molar-refractivity contribution in [1.29, 1.82) is 0 Å². The van der Waals surface area contributed by atoms with E-state index < -0.39 is 0 Å². The lowest BCUT2D eigenvalue weighted by atomic mass is 9.66. The second-order valence-electron chi connectivity index (χ2n) is 10.1. The van der Waals surface area contributed by atoms with E-state index in [2.05, 4.69) is 121 Å². The highest BCUT2D eigenvalue weighted by molar-refractivity contribution is 14.1. The molecule has 0 aliphatic heterocycles. The molecule has 2 aromatic rings. The molecule has 0 aromatic heterocycles. The summed E-state index contributed by atoms with van der Waals surface area (Å²) in [6, 6.07) is 16.5. The lowest BCUT2D eigenvalue weighted by Crippen LogP contribution is -2.31. The molecule has 33 heavy (non-hydrogen) atoms. The lowest BCUT2D eigenvalue weighted by molar-refractivity contribution is 0.369. The summed E-state index contributed by atoms with van der Waals surface area (Å²) in [4.78, 5) is 0. The first-order valence-electron chi connectivity index (χ1n) is 12.5. The molecule has 0 nitrogen and oxygen atoms in total. The van der Waals surface area contributed by atoms with Gasteiger partial charge in [-0.05, 0) is 82.9 Å². The molecule has 0 bridgehead atoms. The molecule has 1 heteroatoms. The topological polar surface area (TPSA) is 0 Å². The Morgan fingerprint density at radius 1 is 0.818 bits per heavy atom. The van der Waals surface area contributed by atoms with E-state index in [-0.39, 0.29) is 5.41 Å². The third kappa shape index (κ3) is 3.64. The Hall–Kier alpha value is -2.13. The van der Waals surface area contributed by atoms with E-state index in [1.165, 1.54) is 53.5 Å². The number of fused-ring (bicyclic) bond motifs is 3. The van der Waals surface area contributed by atoms with Crippen LogP contribution in [0.25, 0.3) is 16.7 Å². The molecule has 0 spiro atoms. The van der Waals surface area contributed by atoms with Crippen LogP contribution in [0, 0.1) is 5.92 Å². The number of hydrogen-bond acceptors (Lipinski definition) is 0.